The minimum atomic E-state index is -0.386. The molecule has 0 saturated heterocycles. The molecule has 0 aliphatic rings. The molecule has 3 aromatic rings. The Kier molecular flexibility index (Phi) is 6.33. The van der Waals surface area contributed by atoms with Crippen molar-refractivity contribution in [1.29, 1.82) is 0 Å². The summed E-state index contributed by atoms with van der Waals surface area (Å²) in [5, 5.41) is 10.4. The van der Waals surface area contributed by atoms with Gasteiger partial charge >= 0.3 is 6.01 Å². The van der Waals surface area contributed by atoms with E-state index in [-0.39, 0.29) is 11.9 Å². The van der Waals surface area contributed by atoms with Crippen LogP contribution in [0.5, 0.6) is 11.5 Å². The first-order valence-corrected chi connectivity index (χ1v) is 9.54. The molecular formula is C20H19N3O4S. The Morgan fingerprint density at radius 1 is 1.11 bits per heavy atom. The van der Waals surface area contributed by atoms with Crippen LogP contribution in [-0.4, -0.2) is 36.6 Å². The van der Waals surface area contributed by atoms with Gasteiger partial charge in [-0.25, -0.2) is 0 Å². The van der Waals surface area contributed by atoms with Crippen LogP contribution in [0.4, 0.5) is 6.01 Å². The van der Waals surface area contributed by atoms with Crippen molar-refractivity contribution in [1.82, 2.24) is 10.2 Å². The molecule has 0 fully saturated rings. The van der Waals surface area contributed by atoms with Gasteiger partial charge in [0.1, 0.15) is 0 Å². The monoisotopic (exact) mass is 397 g/mol. The number of hydrogen-bond donors (Lipinski definition) is 1. The average Bonchev–Trinajstić information content (AvgIpc) is 3.20. The van der Waals surface area contributed by atoms with Crippen molar-refractivity contribution in [2.24, 2.45) is 0 Å². The number of benzene rings is 2. The van der Waals surface area contributed by atoms with Gasteiger partial charge in [0, 0.05) is 16.5 Å². The van der Waals surface area contributed by atoms with Crippen molar-refractivity contribution in [3.8, 4) is 23.0 Å². The first kappa shape index (κ1) is 19.5. The second-order valence-electron chi connectivity index (χ2n) is 5.58. The number of ether oxygens (including phenoxy) is 2. The van der Waals surface area contributed by atoms with E-state index in [1.165, 1.54) is 6.08 Å². The summed E-state index contributed by atoms with van der Waals surface area (Å²) in [5.41, 5.74) is 1.58. The predicted molar refractivity (Wildman–Crippen MR) is 109 cm³/mol. The van der Waals surface area contributed by atoms with E-state index in [1.54, 1.807) is 44.2 Å². The summed E-state index contributed by atoms with van der Waals surface area (Å²) in [6.45, 7) is 0. The number of aromatic nitrogens is 2. The fourth-order valence-electron chi connectivity index (χ4n) is 2.42. The second-order valence-corrected chi connectivity index (χ2v) is 6.46. The summed E-state index contributed by atoms with van der Waals surface area (Å²) in [7, 11) is 3.12. The van der Waals surface area contributed by atoms with Gasteiger partial charge in [0.05, 0.1) is 14.2 Å². The first-order chi connectivity index (χ1) is 13.6. The molecule has 2 aromatic carbocycles. The summed E-state index contributed by atoms with van der Waals surface area (Å²) < 4.78 is 16.0. The maximum Gasteiger partial charge on any atom is 0.322 e. The number of nitrogens with zero attached hydrogens (tertiary/aromatic N) is 2. The molecule has 0 atom stereocenters. The van der Waals surface area contributed by atoms with Gasteiger partial charge < -0.3 is 13.9 Å². The van der Waals surface area contributed by atoms with E-state index >= 15 is 0 Å². The number of hydrogen-bond acceptors (Lipinski definition) is 7. The summed E-state index contributed by atoms with van der Waals surface area (Å²) in [6.07, 6.45) is 5.01. The Morgan fingerprint density at radius 2 is 1.93 bits per heavy atom. The summed E-state index contributed by atoms with van der Waals surface area (Å²) >= 11 is 1.62. The molecule has 0 aliphatic heterocycles. The van der Waals surface area contributed by atoms with Crippen LogP contribution in [0.15, 0.2) is 57.9 Å². The van der Waals surface area contributed by atoms with Crippen molar-refractivity contribution in [3.05, 3.63) is 54.1 Å². The van der Waals surface area contributed by atoms with Gasteiger partial charge in [-0.1, -0.05) is 17.2 Å². The average molecular weight is 397 g/mol. The van der Waals surface area contributed by atoms with E-state index in [2.05, 4.69) is 15.5 Å². The van der Waals surface area contributed by atoms with Crippen LogP contribution in [0.1, 0.15) is 5.56 Å². The highest BCUT2D eigenvalue weighted by atomic mass is 32.2. The number of nitrogens with one attached hydrogen (secondary N) is 1. The number of amides is 1. The largest absolute Gasteiger partial charge is 0.493 e. The molecule has 7 nitrogen and oxygen atoms in total. The normalized spacial score (nSPS) is 10.8. The Balaban J connectivity index is 1.67. The highest BCUT2D eigenvalue weighted by molar-refractivity contribution is 7.98. The van der Waals surface area contributed by atoms with Crippen LogP contribution >= 0.6 is 11.8 Å². The summed E-state index contributed by atoms with van der Waals surface area (Å²) in [4.78, 5) is 13.2. The van der Waals surface area contributed by atoms with E-state index in [4.69, 9.17) is 13.9 Å². The predicted octanol–water partition coefficient (Wildman–Crippen LogP) is 4.13. The number of thioether (sulfide) groups is 1. The number of methoxy groups -OCH3 is 2. The number of anilines is 1. The SMILES string of the molecule is COc1ccc(/C=C/C(=O)Nc2nnc(-c3cccc(SC)c3)o2)cc1OC. The van der Waals surface area contributed by atoms with Crippen LogP contribution in [-0.2, 0) is 4.79 Å². The first-order valence-electron chi connectivity index (χ1n) is 8.32. The minimum absolute atomic E-state index is 0.0338. The molecule has 1 N–H and O–H groups in total. The smallest absolute Gasteiger partial charge is 0.322 e. The van der Waals surface area contributed by atoms with Crippen LogP contribution < -0.4 is 14.8 Å². The molecule has 3 rings (SSSR count). The van der Waals surface area contributed by atoms with Crippen molar-refractivity contribution < 1.29 is 18.7 Å². The maximum atomic E-state index is 12.1. The third-order valence-corrected chi connectivity index (χ3v) is 4.53. The number of carbonyl (C=O) groups is 1. The van der Waals surface area contributed by atoms with Crippen LogP contribution in [0, 0.1) is 0 Å². The minimum Gasteiger partial charge on any atom is -0.493 e. The molecule has 1 heterocycles. The van der Waals surface area contributed by atoms with Crippen molar-refractivity contribution >= 4 is 29.8 Å². The molecule has 8 heteroatoms. The lowest BCUT2D eigenvalue weighted by Gasteiger charge is -2.07. The molecule has 0 aliphatic carbocycles. The number of rotatable bonds is 7. The fraction of sp³-hybridized carbons (Fsp3) is 0.150. The highest BCUT2D eigenvalue weighted by Gasteiger charge is 2.10. The van der Waals surface area contributed by atoms with E-state index in [0.29, 0.717) is 17.4 Å². The Bertz CT molecular complexity index is 1000. The molecule has 28 heavy (non-hydrogen) atoms. The molecule has 0 spiro atoms. The van der Waals surface area contributed by atoms with Gasteiger partial charge in [0.2, 0.25) is 5.89 Å². The van der Waals surface area contributed by atoms with Gasteiger partial charge in [-0.05, 0) is 48.2 Å². The zero-order valence-electron chi connectivity index (χ0n) is 15.6. The fourth-order valence-corrected chi connectivity index (χ4v) is 2.88. The summed E-state index contributed by atoms with van der Waals surface area (Å²) in [5.74, 6) is 1.16. The standard InChI is InChI=1S/C20H19N3O4S/c1-25-16-9-7-13(11-17(16)26-2)8-10-18(24)21-20-23-22-19(27-20)14-5-4-6-15(12-14)28-3/h4-12H,1-3H3,(H,21,23,24)/b10-8+. The second kappa shape index (κ2) is 9.09. The third-order valence-electron chi connectivity index (χ3n) is 3.81. The molecule has 1 amide bonds. The molecule has 0 unspecified atom stereocenters. The Morgan fingerprint density at radius 3 is 2.68 bits per heavy atom. The highest BCUT2D eigenvalue weighted by Crippen LogP contribution is 2.28. The van der Waals surface area contributed by atoms with Crippen LogP contribution in [0.25, 0.3) is 17.5 Å². The van der Waals surface area contributed by atoms with Crippen LogP contribution in [0.2, 0.25) is 0 Å². The van der Waals surface area contributed by atoms with Gasteiger partial charge in [0.25, 0.3) is 5.91 Å². The maximum absolute atomic E-state index is 12.1. The van der Waals surface area contributed by atoms with E-state index in [0.717, 1.165) is 16.0 Å². The van der Waals surface area contributed by atoms with Crippen molar-refractivity contribution in [2.45, 2.75) is 4.90 Å². The van der Waals surface area contributed by atoms with Gasteiger partial charge in [-0.2, -0.15) is 0 Å². The van der Waals surface area contributed by atoms with Crippen molar-refractivity contribution in [2.75, 3.05) is 25.8 Å². The molecule has 1 aromatic heterocycles. The van der Waals surface area contributed by atoms with Crippen LogP contribution in [0.3, 0.4) is 0 Å². The topological polar surface area (TPSA) is 86.5 Å². The third kappa shape index (κ3) is 4.72. The molecule has 0 saturated carbocycles. The van der Waals surface area contributed by atoms with Gasteiger partial charge in [-0.3, -0.25) is 10.1 Å². The lowest BCUT2D eigenvalue weighted by Crippen LogP contribution is -2.07. The van der Waals surface area contributed by atoms with Gasteiger partial charge in [0.15, 0.2) is 11.5 Å². The lowest BCUT2D eigenvalue weighted by molar-refractivity contribution is -0.112. The van der Waals surface area contributed by atoms with Crippen molar-refractivity contribution in [3.63, 3.8) is 0 Å². The number of carbonyl (C=O) groups excluding carboxylic acids is 1. The molecule has 0 bridgehead atoms. The Hall–Kier alpha value is -3.26. The quantitative estimate of drug-likeness (QED) is 0.474. The van der Waals surface area contributed by atoms with E-state index < -0.39 is 0 Å². The molecule has 144 valence electrons. The van der Waals surface area contributed by atoms with E-state index in [9.17, 15) is 4.79 Å². The Labute approximate surface area is 166 Å². The zero-order valence-corrected chi connectivity index (χ0v) is 16.4. The van der Waals surface area contributed by atoms with Gasteiger partial charge in [-0.15, -0.1) is 16.9 Å². The van der Waals surface area contributed by atoms with E-state index in [1.807, 2.05) is 36.6 Å². The molecular weight excluding hydrogens is 378 g/mol. The lowest BCUT2D eigenvalue weighted by atomic mass is 10.2. The molecule has 0 radical (unpaired) electrons. The zero-order chi connectivity index (χ0) is 19.9. The summed E-state index contributed by atoms with van der Waals surface area (Å²) in [6, 6.07) is 13.1.